The molecule has 3 nitrogen and oxygen atoms in total. The lowest BCUT2D eigenvalue weighted by atomic mass is 10.1. The molecule has 2 aromatic rings. The van der Waals surface area contributed by atoms with Crippen molar-refractivity contribution in [2.75, 3.05) is 23.8 Å². The van der Waals surface area contributed by atoms with Gasteiger partial charge >= 0.3 is 0 Å². The van der Waals surface area contributed by atoms with Gasteiger partial charge in [0.2, 0.25) is 0 Å². The molecule has 0 heterocycles. The van der Waals surface area contributed by atoms with Crippen molar-refractivity contribution in [3.63, 3.8) is 0 Å². The van der Waals surface area contributed by atoms with Crippen molar-refractivity contribution in [2.45, 2.75) is 6.92 Å². The van der Waals surface area contributed by atoms with E-state index >= 15 is 0 Å². The van der Waals surface area contributed by atoms with Gasteiger partial charge in [0.25, 0.3) is 5.91 Å². The molecule has 0 spiro atoms. The van der Waals surface area contributed by atoms with Gasteiger partial charge in [-0.1, -0.05) is 29.8 Å². The lowest BCUT2D eigenvalue weighted by Crippen LogP contribution is -2.27. The fourth-order valence-corrected chi connectivity index (χ4v) is 2.16. The number of hydrogen-bond acceptors (Lipinski definition) is 2. The molecule has 0 unspecified atom stereocenters. The third kappa shape index (κ3) is 3.11. The summed E-state index contributed by atoms with van der Waals surface area (Å²) in [7, 11) is 1.76. The van der Waals surface area contributed by atoms with E-state index in [1.54, 1.807) is 24.1 Å². The van der Waals surface area contributed by atoms with E-state index in [9.17, 15) is 4.79 Å². The van der Waals surface area contributed by atoms with Crippen molar-refractivity contribution >= 4 is 28.9 Å². The molecule has 0 aliphatic rings. The van der Waals surface area contributed by atoms with Crippen molar-refractivity contribution in [1.82, 2.24) is 0 Å². The van der Waals surface area contributed by atoms with E-state index in [-0.39, 0.29) is 5.91 Å². The summed E-state index contributed by atoms with van der Waals surface area (Å²) in [5, 5.41) is 3.74. The fourth-order valence-electron chi connectivity index (χ4n) is 1.99. The predicted octanol–water partition coefficient (Wildman–Crippen LogP) is 4.05. The maximum Gasteiger partial charge on any atom is 0.260 e. The van der Waals surface area contributed by atoms with Crippen molar-refractivity contribution in [1.29, 1.82) is 0 Å². The average Bonchev–Trinajstić information content (AvgIpc) is 2.48. The number of carbonyl (C=O) groups is 1. The molecule has 0 aromatic heterocycles. The standard InChI is InChI=1S/C16H17ClN2O/c1-3-18-15-10-9-12(17)11-14(15)16(20)19(2)13-7-5-4-6-8-13/h4-11,18H,3H2,1-2H3. The molecular weight excluding hydrogens is 272 g/mol. The Labute approximate surface area is 124 Å². The van der Waals surface area contributed by atoms with E-state index < -0.39 is 0 Å². The third-order valence-electron chi connectivity index (χ3n) is 3.03. The number of amides is 1. The van der Waals surface area contributed by atoms with Crippen LogP contribution in [-0.4, -0.2) is 19.5 Å². The fraction of sp³-hybridized carbons (Fsp3) is 0.188. The zero-order chi connectivity index (χ0) is 14.5. The topological polar surface area (TPSA) is 32.3 Å². The molecule has 4 heteroatoms. The van der Waals surface area contributed by atoms with Gasteiger partial charge in [-0.2, -0.15) is 0 Å². The quantitative estimate of drug-likeness (QED) is 0.920. The van der Waals surface area contributed by atoms with Gasteiger partial charge in [-0.15, -0.1) is 0 Å². The number of rotatable bonds is 4. The van der Waals surface area contributed by atoms with Crippen LogP contribution in [0.3, 0.4) is 0 Å². The first-order chi connectivity index (χ1) is 9.63. The van der Waals surface area contributed by atoms with E-state index in [0.717, 1.165) is 17.9 Å². The van der Waals surface area contributed by atoms with Gasteiger partial charge < -0.3 is 10.2 Å². The number of anilines is 2. The highest BCUT2D eigenvalue weighted by atomic mass is 35.5. The van der Waals surface area contributed by atoms with E-state index in [2.05, 4.69) is 5.32 Å². The highest BCUT2D eigenvalue weighted by molar-refractivity contribution is 6.31. The molecule has 0 saturated carbocycles. The molecule has 0 atom stereocenters. The van der Waals surface area contributed by atoms with E-state index in [1.165, 1.54) is 0 Å². The molecule has 0 aliphatic carbocycles. The second kappa shape index (κ2) is 6.44. The molecule has 1 amide bonds. The SMILES string of the molecule is CCNc1ccc(Cl)cc1C(=O)N(C)c1ccccc1. The van der Waals surface area contributed by atoms with Crippen LogP contribution in [-0.2, 0) is 0 Å². The number of carbonyl (C=O) groups excluding carboxylic acids is 1. The number of hydrogen-bond donors (Lipinski definition) is 1. The van der Waals surface area contributed by atoms with Crippen LogP contribution in [0.2, 0.25) is 5.02 Å². The Hall–Kier alpha value is -2.00. The number of halogens is 1. The van der Waals surface area contributed by atoms with Crippen LogP contribution in [0.15, 0.2) is 48.5 Å². The van der Waals surface area contributed by atoms with Gasteiger partial charge in [0.05, 0.1) is 5.56 Å². The molecule has 0 bridgehead atoms. The molecule has 0 aliphatic heterocycles. The lowest BCUT2D eigenvalue weighted by molar-refractivity contribution is 0.0994. The summed E-state index contributed by atoms with van der Waals surface area (Å²) in [6.45, 7) is 2.74. The van der Waals surface area contributed by atoms with Crippen molar-refractivity contribution in [3.8, 4) is 0 Å². The summed E-state index contributed by atoms with van der Waals surface area (Å²) < 4.78 is 0. The van der Waals surface area contributed by atoms with Crippen molar-refractivity contribution < 1.29 is 4.79 Å². The molecule has 2 aromatic carbocycles. The summed E-state index contributed by atoms with van der Waals surface area (Å²) in [4.78, 5) is 14.2. The number of nitrogens with zero attached hydrogens (tertiary/aromatic N) is 1. The van der Waals surface area contributed by atoms with Crippen LogP contribution in [0.4, 0.5) is 11.4 Å². The van der Waals surface area contributed by atoms with Gasteiger partial charge in [-0.25, -0.2) is 0 Å². The smallest absolute Gasteiger partial charge is 0.260 e. The highest BCUT2D eigenvalue weighted by Crippen LogP contribution is 2.24. The predicted molar refractivity (Wildman–Crippen MR) is 84.8 cm³/mol. The summed E-state index contributed by atoms with van der Waals surface area (Å²) in [5.41, 5.74) is 2.22. The number of benzene rings is 2. The average molecular weight is 289 g/mol. The van der Waals surface area contributed by atoms with Crippen molar-refractivity contribution in [2.24, 2.45) is 0 Å². The van der Waals surface area contributed by atoms with Gasteiger partial charge in [0.15, 0.2) is 0 Å². The Balaban J connectivity index is 2.35. The van der Waals surface area contributed by atoms with Crippen LogP contribution in [0.5, 0.6) is 0 Å². The first kappa shape index (κ1) is 14.4. The second-order valence-electron chi connectivity index (χ2n) is 4.42. The van der Waals surface area contributed by atoms with Crippen LogP contribution < -0.4 is 10.2 Å². The molecule has 0 saturated heterocycles. The summed E-state index contributed by atoms with van der Waals surface area (Å²) in [6, 6.07) is 14.8. The maximum atomic E-state index is 12.6. The van der Waals surface area contributed by atoms with Crippen LogP contribution in [0, 0.1) is 0 Å². The second-order valence-corrected chi connectivity index (χ2v) is 4.86. The van der Waals surface area contributed by atoms with Gasteiger partial charge in [-0.3, -0.25) is 4.79 Å². The molecule has 104 valence electrons. The largest absolute Gasteiger partial charge is 0.385 e. The number of nitrogens with one attached hydrogen (secondary N) is 1. The highest BCUT2D eigenvalue weighted by Gasteiger charge is 2.17. The zero-order valence-electron chi connectivity index (χ0n) is 11.6. The summed E-state index contributed by atoms with van der Waals surface area (Å²) in [6.07, 6.45) is 0. The maximum absolute atomic E-state index is 12.6. The Morgan fingerprint density at radius 1 is 1.20 bits per heavy atom. The molecule has 2 rings (SSSR count). The Morgan fingerprint density at radius 2 is 1.90 bits per heavy atom. The monoisotopic (exact) mass is 288 g/mol. The third-order valence-corrected chi connectivity index (χ3v) is 3.26. The minimum Gasteiger partial charge on any atom is -0.385 e. The van der Waals surface area contributed by atoms with Crippen LogP contribution >= 0.6 is 11.6 Å². The minimum absolute atomic E-state index is 0.0883. The molecule has 0 fully saturated rings. The van der Waals surface area contributed by atoms with E-state index in [4.69, 9.17) is 11.6 Å². The van der Waals surface area contributed by atoms with Crippen LogP contribution in [0.25, 0.3) is 0 Å². The molecule has 20 heavy (non-hydrogen) atoms. The summed E-state index contributed by atoms with van der Waals surface area (Å²) >= 11 is 6.01. The Kier molecular flexibility index (Phi) is 4.64. The molecule has 0 radical (unpaired) electrons. The first-order valence-corrected chi connectivity index (χ1v) is 6.87. The molecular formula is C16H17ClN2O. The van der Waals surface area contributed by atoms with E-state index in [0.29, 0.717) is 10.6 Å². The van der Waals surface area contributed by atoms with E-state index in [1.807, 2.05) is 43.3 Å². The molecule has 1 N–H and O–H groups in total. The number of para-hydroxylation sites is 1. The summed E-state index contributed by atoms with van der Waals surface area (Å²) in [5.74, 6) is -0.0883. The van der Waals surface area contributed by atoms with Gasteiger partial charge in [0.1, 0.15) is 0 Å². The normalized spacial score (nSPS) is 10.2. The van der Waals surface area contributed by atoms with Crippen LogP contribution in [0.1, 0.15) is 17.3 Å². The van der Waals surface area contributed by atoms with Gasteiger partial charge in [-0.05, 0) is 37.3 Å². The van der Waals surface area contributed by atoms with Crippen molar-refractivity contribution in [3.05, 3.63) is 59.1 Å². The first-order valence-electron chi connectivity index (χ1n) is 6.50. The Bertz CT molecular complexity index is 599. The van der Waals surface area contributed by atoms with Gasteiger partial charge in [0, 0.05) is 30.0 Å². The lowest BCUT2D eigenvalue weighted by Gasteiger charge is -2.19. The minimum atomic E-state index is -0.0883. The Morgan fingerprint density at radius 3 is 2.55 bits per heavy atom. The zero-order valence-corrected chi connectivity index (χ0v) is 12.3.